The van der Waals surface area contributed by atoms with Gasteiger partial charge in [0.05, 0.1) is 10.6 Å². The minimum Gasteiger partial charge on any atom is -0.450 e. The lowest BCUT2D eigenvalue weighted by atomic mass is 10.1. The summed E-state index contributed by atoms with van der Waals surface area (Å²) in [5.41, 5.74) is 0.804. The fraction of sp³-hybridized carbons (Fsp3) is 0. The summed E-state index contributed by atoms with van der Waals surface area (Å²) in [5, 5.41) is 2.84. The van der Waals surface area contributed by atoms with Crippen LogP contribution in [-0.2, 0) is 4.79 Å². The number of furan rings is 1. The van der Waals surface area contributed by atoms with E-state index in [9.17, 15) is 4.79 Å². The topological polar surface area (TPSA) is 33.5 Å². The number of benzene rings is 3. The van der Waals surface area contributed by atoms with Gasteiger partial charge in [-0.25, -0.2) is 0 Å². The van der Waals surface area contributed by atoms with E-state index in [4.69, 9.17) is 16.6 Å². The molecule has 0 N–H and O–H groups in total. The molecule has 1 saturated heterocycles. The van der Waals surface area contributed by atoms with Crippen molar-refractivity contribution in [3.05, 3.63) is 95.6 Å². The van der Waals surface area contributed by atoms with Crippen LogP contribution in [-0.4, -0.2) is 10.2 Å². The van der Waals surface area contributed by atoms with Crippen LogP contribution in [0.4, 0.5) is 5.69 Å². The zero-order chi connectivity index (χ0) is 20.5. The van der Waals surface area contributed by atoms with E-state index >= 15 is 0 Å². The zero-order valence-electron chi connectivity index (χ0n) is 15.6. The van der Waals surface area contributed by atoms with Crippen LogP contribution in [0.15, 0.2) is 104 Å². The highest BCUT2D eigenvalue weighted by atomic mass is 32.2. The number of rotatable bonds is 4. The van der Waals surface area contributed by atoms with Gasteiger partial charge in [0, 0.05) is 16.4 Å². The van der Waals surface area contributed by atoms with Crippen LogP contribution in [0, 0.1) is 0 Å². The number of thioether (sulfide) groups is 1. The molecule has 6 heteroatoms. The molecular weight excluding hydrogens is 430 g/mol. The van der Waals surface area contributed by atoms with Crippen LogP contribution in [0.25, 0.3) is 16.8 Å². The Bertz CT molecular complexity index is 1290. The molecule has 0 saturated carbocycles. The van der Waals surface area contributed by atoms with Crippen molar-refractivity contribution in [2.24, 2.45) is 0 Å². The standard InChI is InChI=1S/C24H15NO2S3/c26-23-21(15-17-13-14-22(27-17)29-18-9-2-1-3-10-18)30-24(28)25(23)20-12-6-8-16-7-4-5-11-19(16)20/h1-15H/b21-15+. The molecular formula is C24H15NO2S3. The summed E-state index contributed by atoms with van der Waals surface area (Å²) in [4.78, 5) is 16.4. The molecule has 0 radical (unpaired) electrons. The quantitative estimate of drug-likeness (QED) is 0.250. The third-order valence-corrected chi connectivity index (χ3v) is 6.87. The molecule has 4 aromatic rings. The van der Waals surface area contributed by atoms with Crippen molar-refractivity contribution in [1.82, 2.24) is 0 Å². The number of amides is 1. The molecule has 0 atom stereocenters. The lowest BCUT2D eigenvalue weighted by molar-refractivity contribution is -0.113. The zero-order valence-corrected chi connectivity index (χ0v) is 18.1. The van der Waals surface area contributed by atoms with Gasteiger partial charge in [0.25, 0.3) is 5.91 Å². The number of carbonyl (C=O) groups excluding carboxylic acids is 1. The van der Waals surface area contributed by atoms with Crippen molar-refractivity contribution in [1.29, 1.82) is 0 Å². The largest absolute Gasteiger partial charge is 0.450 e. The second-order valence-corrected chi connectivity index (χ2v) is 9.34. The van der Waals surface area contributed by atoms with E-state index in [1.165, 1.54) is 11.8 Å². The maximum absolute atomic E-state index is 13.2. The Morgan fingerprint density at radius 2 is 1.67 bits per heavy atom. The van der Waals surface area contributed by atoms with E-state index in [0.717, 1.165) is 26.4 Å². The van der Waals surface area contributed by atoms with E-state index in [-0.39, 0.29) is 5.91 Å². The van der Waals surface area contributed by atoms with E-state index in [0.29, 0.717) is 15.0 Å². The van der Waals surface area contributed by atoms with Gasteiger partial charge in [0.1, 0.15) is 5.76 Å². The summed E-state index contributed by atoms with van der Waals surface area (Å²) in [6.07, 6.45) is 1.76. The molecule has 0 bridgehead atoms. The van der Waals surface area contributed by atoms with Crippen LogP contribution < -0.4 is 4.90 Å². The molecule has 30 heavy (non-hydrogen) atoms. The third-order valence-electron chi connectivity index (χ3n) is 4.64. The SMILES string of the molecule is O=C1/C(=C\c2ccc(Sc3ccccc3)o2)SC(=S)N1c1cccc2ccccc12. The number of nitrogens with zero attached hydrogens (tertiary/aromatic N) is 1. The Hall–Kier alpha value is -2.80. The average Bonchev–Trinajstić information content (AvgIpc) is 3.32. The molecule has 146 valence electrons. The van der Waals surface area contributed by atoms with Crippen molar-refractivity contribution in [3.63, 3.8) is 0 Å². The van der Waals surface area contributed by atoms with Gasteiger partial charge in [-0.15, -0.1) is 0 Å². The highest BCUT2D eigenvalue weighted by molar-refractivity contribution is 8.27. The summed E-state index contributed by atoms with van der Waals surface area (Å²) in [6, 6.07) is 27.7. The number of hydrogen-bond acceptors (Lipinski definition) is 5. The van der Waals surface area contributed by atoms with Crippen LogP contribution in [0.5, 0.6) is 0 Å². The fourth-order valence-electron chi connectivity index (χ4n) is 3.28. The molecule has 1 fully saturated rings. The molecule has 1 aromatic heterocycles. The number of fused-ring (bicyclic) bond motifs is 1. The van der Waals surface area contributed by atoms with E-state index in [1.54, 1.807) is 22.7 Å². The number of thiocarbonyl (C=S) groups is 1. The molecule has 0 unspecified atom stereocenters. The normalized spacial score (nSPS) is 15.5. The minimum absolute atomic E-state index is 0.130. The summed E-state index contributed by atoms with van der Waals surface area (Å²) < 4.78 is 6.42. The highest BCUT2D eigenvalue weighted by Crippen LogP contribution is 2.39. The maximum atomic E-state index is 13.2. The summed E-state index contributed by atoms with van der Waals surface area (Å²) >= 11 is 8.38. The predicted molar refractivity (Wildman–Crippen MR) is 129 cm³/mol. The van der Waals surface area contributed by atoms with E-state index in [1.807, 2.05) is 84.9 Å². The average molecular weight is 446 g/mol. The van der Waals surface area contributed by atoms with E-state index < -0.39 is 0 Å². The van der Waals surface area contributed by atoms with Gasteiger partial charge in [-0.3, -0.25) is 9.69 Å². The Kier molecular flexibility index (Phi) is 5.21. The highest BCUT2D eigenvalue weighted by Gasteiger charge is 2.34. The fourth-order valence-corrected chi connectivity index (χ4v) is 5.34. The van der Waals surface area contributed by atoms with Gasteiger partial charge in [-0.1, -0.05) is 90.3 Å². The molecule has 5 rings (SSSR count). The second kappa shape index (κ2) is 8.14. The number of hydrogen-bond donors (Lipinski definition) is 0. The first-order chi connectivity index (χ1) is 14.7. The van der Waals surface area contributed by atoms with Crippen LogP contribution in [0.3, 0.4) is 0 Å². The van der Waals surface area contributed by atoms with Gasteiger partial charge in [0.15, 0.2) is 9.41 Å². The second-order valence-electron chi connectivity index (χ2n) is 6.59. The van der Waals surface area contributed by atoms with Crippen molar-refractivity contribution in [2.45, 2.75) is 9.99 Å². The summed E-state index contributed by atoms with van der Waals surface area (Å²) in [5.74, 6) is 0.502. The van der Waals surface area contributed by atoms with Crippen LogP contribution in [0.1, 0.15) is 5.76 Å². The monoisotopic (exact) mass is 445 g/mol. The predicted octanol–water partition coefficient (Wildman–Crippen LogP) is 6.99. The van der Waals surface area contributed by atoms with Gasteiger partial charge in [-0.2, -0.15) is 0 Å². The van der Waals surface area contributed by atoms with Crippen LogP contribution in [0.2, 0.25) is 0 Å². The lowest BCUT2D eigenvalue weighted by Gasteiger charge is -2.17. The summed E-state index contributed by atoms with van der Waals surface area (Å²) in [7, 11) is 0. The first kappa shape index (κ1) is 19.2. The Morgan fingerprint density at radius 3 is 2.53 bits per heavy atom. The summed E-state index contributed by atoms with van der Waals surface area (Å²) in [6.45, 7) is 0. The molecule has 3 aromatic carbocycles. The lowest BCUT2D eigenvalue weighted by Crippen LogP contribution is -2.27. The Morgan fingerprint density at radius 1 is 0.900 bits per heavy atom. The van der Waals surface area contributed by atoms with E-state index in [2.05, 4.69) is 0 Å². The molecule has 3 nitrogen and oxygen atoms in total. The van der Waals surface area contributed by atoms with Gasteiger partial charge in [-0.05, 0) is 35.7 Å². The Balaban J connectivity index is 1.42. The van der Waals surface area contributed by atoms with Crippen LogP contribution >= 0.6 is 35.7 Å². The van der Waals surface area contributed by atoms with Gasteiger partial charge < -0.3 is 4.42 Å². The van der Waals surface area contributed by atoms with Crippen molar-refractivity contribution >= 4 is 68.5 Å². The van der Waals surface area contributed by atoms with Crippen molar-refractivity contribution in [2.75, 3.05) is 4.90 Å². The van der Waals surface area contributed by atoms with Gasteiger partial charge >= 0.3 is 0 Å². The van der Waals surface area contributed by atoms with Gasteiger partial charge in [0.2, 0.25) is 0 Å². The smallest absolute Gasteiger partial charge is 0.270 e. The third kappa shape index (κ3) is 3.69. The van der Waals surface area contributed by atoms with Crippen molar-refractivity contribution < 1.29 is 9.21 Å². The minimum atomic E-state index is -0.130. The molecule has 0 aliphatic carbocycles. The molecule has 1 aliphatic heterocycles. The number of carbonyl (C=O) groups is 1. The van der Waals surface area contributed by atoms with Crippen molar-refractivity contribution in [3.8, 4) is 0 Å². The molecule has 1 amide bonds. The number of anilines is 1. The molecule has 0 spiro atoms. The first-order valence-electron chi connectivity index (χ1n) is 9.27. The maximum Gasteiger partial charge on any atom is 0.270 e. The molecule has 2 heterocycles. The first-order valence-corrected chi connectivity index (χ1v) is 11.3. The Labute approximate surface area is 187 Å². The molecule has 1 aliphatic rings.